The predicted molar refractivity (Wildman–Crippen MR) is 129 cm³/mol. The van der Waals surface area contributed by atoms with Gasteiger partial charge in [-0.25, -0.2) is 14.6 Å². The number of benzene rings is 2. The van der Waals surface area contributed by atoms with Crippen LogP contribution in [0.15, 0.2) is 53.1 Å². The van der Waals surface area contributed by atoms with Crippen molar-refractivity contribution in [2.24, 2.45) is 5.92 Å². The summed E-state index contributed by atoms with van der Waals surface area (Å²) in [5.74, 6) is -1.50. The molecule has 0 aliphatic rings. The highest BCUT2D eigenvalue weighted by molar-refractivity contribution is 6.33. The first kappa shape index (κ1) is 27.5. The zero-order valence-electron chi connectivity index (χ0n) is 19.8. The first-order chi connectivity index (χ1) is 17.4. The van der Waals surface area contributed by atoms with Crippen molar-refractivity contribution in [1.82, 2.24) is 10.3 Å². The molecule has 0 radical (unpaired) electrons. The third-order valence-corrected chi connectivity index (χ3v) is 5.39. The van der Waals surface area contributed by atoms with Crippen molar-refractivity contribution in [2.45, 2.75) is 26.1 Å². The monoisotopic (exact) mass is 538 g/mol. The van der Waals surface area contributed by atoms with Crippen molar-refractivity contribution in [3.05, 3.63) is 65.1 Å². The van der Waals surface area contributed by atoms with Crippen LogP contribution in [0.1, 0.15) is 30.1 Å². The van der Waals surface area contributed by atoms with Crippen LogP contribution in [0.5, 0.6) is 0 Å². The lowest BCUT2D eigenvalue weighted by Gasteiger charge is -2.18. The summed E-state index contributed by atoms with van der Waals surface area (Å²) < 4.78 is 48.5. The predicted octanol–water partition coefficient (Wildman–Crippen LogP) is 5.59. The topological polar surface area (TPSA) is 123 Å². The maximum absolute atomic E-state index is 12.8. The van der Waals surface area contributed by atoms with Gasteiger partial charge in [0.05, 0.1) is 29.6 Å². The van der Waals surface area contributed by atoms with E-state index in [0.29, 0.717) is 11.3 Å². The van der Waals surface area contributed by atoms with Crippen molar-refractivity contribution >= 4 is 40.9 Å². The molecule has 13 heteroatoms. The molecular weight excluding hydrogens is 517 g/mol. The van der Waals surface area contributed by atoms with Gasteiger partial charge < -0.3 is 25.1 Å². The molecule has 0 saturated heterocycles. The molecule has 3 amide bonds. The Hall–Kier alpha value is -4.06. The summed E-state index contributed by atoms with van der Waals surface area (Å²) in [6, 6.07) is 7.24. The van der Waals surface area contributed by atoms with Crippen LogP contribution in [0.25, 0.3) is 11.3 Å². The van der Waals surface area contributed by atoms with Crippen LogP contribution in [0.3, 0.4) is 0 Å². The van der Waals surface area contributed by atoms with Crippen molar-refractivity contribution < 1.29 is 36.7 Å². The van der Waals surface area contributed by atoms with Crippen LogP contribution < -0.4 is 16.0 Å². The minimum Gasteiger partial charge on any atom is -0.467 e. The highest BCUT2D eigenvalue weighted by Gasteiger charge is 2.31. The molecule has 2 aromatic carbocycles. The van der Waals surface area contributed by atoms with Gasteiger partial charge in [0.25, 0.3) is 5.89 Å². The van der Waals surface area contributed by atoms with Crippen LogP contribution in [-0.2, 0) is 15.7 Å². The second kappa shape index (κ2) is 11.3. The van der Waals surface area contributed by atoms with Crippen LogP contribution in [-0.4, -0.2) is 36.0 Å². The number of halogens is 4. The molecule has 0 bridgehead atoms. The number of amides is 3. The Balaban J connectivity index is 1.63. The summed E-state index contributed by atoms with van der Waals surface area (Å²) in [6.45, 7) is 3.49. The number of anilines is 2. The summed E-state index contributed by atoms with van der Waals surface area (Å²) in [5.41, 5.74) is -0.0326. The molecule has 1 heterocycles. The van der Waals surface area contributed by atoms with E-state index < -0.39 is 35.7 Å². The fourth-order valence-electron chi connectivity index (χ4n) is 3.14. The molecule has 0 aliphatic carbocycles. The van der Waals surface area contributed by atoms with Crippen molar-refractivity contribution in [1.29, 1.82) is 0 Å². The van der Waals surface area contributed by atoms with Crippen LogP contribution in [0.2, 0.25) is 5.02 Å². The molecule has 0 unspecified atom stereocenters. The highest BCUT2D eigenvalue weighted by atomic mass is 35.5. The molecular formula is C24H22ClF3N4O5. The number of hydrogen-bond donors (Lipinski definition) is 3. The van der Waals surface area contributed by atoms with Gasteiger partial charge >= 0.3 is 24.1 Å². The Morgan fingerprint density at radius 1 is 1.05 bits per heavy atom. The van der Waals surface area contributed by atoms with E-state index in [1.807, 2.05) is 0 Å². The number of alkyl halides is 3. The SMILES string of the molecule is COC(=O)[C@@H](NC(=O)c1ncc(-c2ccc(NC(=O)Nc3ccc(C(F)(F)F)cc3Cl)cc2)o1)C(C)C. The molecule has 0 aliphatic heterocycles. The number of oxazole rings is 1. The zero-order valence-corrected chi connectivity index (χ0v) is 20.5. The Kier molecular flexibility index (Phi) is 8.43. The number of urea groups is 1. The Morgan fingerprint density at radius 3 is 2.30 bits per heavy atom. The summed E-state index contributed by atoms with van der Waals surface area (Å²) in [5, 5.41) is 7.16. The fraction of sp³-hybridized carbons (Fsp3) is 0.250. The van der Waals surface area contributed by atoms with Gasteiger partial charge in [-0.2, -0.15) is 13.2 Å². The molecule has 0 spiro atoms. The highest BCUT2D eigenvalue weighted by Crippen LogP contribution is 2.33. The Labute approximate surface area is 214 Å². The van der Waals surface area contributed by atoms with Crippen molar-refractivity contribution in [3.8, 4) is 11.3 Å². The molecule has 37 heavy (non-hydrogen) atoms. The molecule has 3 aromatic rings. The van der Waals surface area contributed by atoms with E-state index in [0.717, 1.165) is 18.2 Å². The van der Waals surface area contributed by atoms with E-state index in [1.165, 1.54) is 25.4 Å². The lowest BCUT2D eigenvalue weighted by molar-refractivity contribution is -0.144. The number of ether oxygens (including phenoxy) is 1. The molecule has 0 fully saturated rings. The van der Waals surface area contributed by atoms with Gasteiger partial charge in [-0.15, -0.1) is 0 Å². The maximum Gasteiger partial charge on any atom is 0.416 e. The Bertz CT molecular complexity index is 1290. The first-order valence-corrected chi connectivity index (χ1v) is 11.2. The van der Waals surface area contributed by atoms with Crippen LogP contribution in [0, 0.1) is 5.92 Å². The number of esters is 1. The first-order valence-electron chi connectivity index (χ1n) is 10.8. The quantitative estimate of drug-likeness (QED) is 0.337. The minimum absolute atomic E-state index is 0.00292. The lowest BCUT2D eigenvalue weighted by atomic mass is 10.0. The summed E-state index contributed by atoms with van der Waals surface area (Å²) >= 11 is 5.85. The van der Waals surface area contributed by atoms with E-state index in [2.05, 4.69) is 20.9 Å². The number of nitrogens with one attached hydrogen (secondary N) is 3. The van der Waals surface area contributed by atoms with Gasteiger partial charge in [0.15, 0.2) is 5.76 Å². The van der Waals surface area contributed by atoms with Gasteiger partial charge in [0, 0.05) is 11.3 Å². The number of carbonyl (C=O) groups excluding carboxylic acids is 3. The van der Waals surface area contributed by atoms with Crippen molar-refractivity contribution in [3.63, 3.8) is 0 Å². The number of carbonyl (C=O) groups is 3. The molecule has 196 valence electrons. The van der Waals surface area contributed by atoms with Gasteiger partial charge in [0.2, 0.25) is 0 Å². The molecule has 3 rings (SSSR count). The average Bonchev–Trinajstić information content (AvgIpc) is 3.33. The van der Waals surface area contributed by atoms with Crippen molar-refractivity contribution in [2.75, 3.05) is 17.7 Å². The zero-order chi connectivity index (χ0) is 27.3. The third kappa shape index (κ3) is 7.00. The molecule has 9 nitrogen and oxygen atoms in total. The fourth-order valence-corrected chi connectivity index (χ4v) is 3.36. The summed E-state index contributed by atoms with van der Waals surface area (Å²) in [4.78, 5) is 40.5. The number of nitrogens with zero attached hydrogens (tertiary/aromatic N) is 1. The second-order valence-electron chi connectivity index (χ2n) is 8.10. The van der Waals surface area contributed by atoms with Gasteiger partial charge in [0.1, 0.15) is 6.04 Å². The lowest BCUT2D eigenvalue weighted by Crippen LogP contribution is -2.45. The Morgan fingerprint density at radius 2 is 1.73 bits per heavy atom. The van der Waals surface area contributed by atoms with E-state index >= 15 is 0 Å². The standard InChI is InChI=1S/C24H22ClF3N4O5/c1-12(2)19(22(34)36-3)32-20(33)21-29-11-18(37-21)13-4-7-15(8-5-13)30-23(35)31-17-9-6-14(10-16(17)25)24(26,27)28/h4-12,19H,1-3H3,(H,32,33)(H2,30,31,35)/t19-/m0/s1. The summed E-state index contributed by atoms with van der Waals surface area (Å²) in [6.07, 6.45) is -3.22. The van der Waals surface area contributed by atoms with E-state index in [4.69, 9.17) is 20.8 Å². The average molecular weight is 539 g/mol. The number of aromatic nitrogens is 1. The summed E-state index contributed by atoms with van der Waals surface area (Å²) in [7, 11) is 1.22. The minimum atomic E-state index is -4.56. The van der Waals surface area contributed by atoms with Crippen LogP contribution in [0.4, 0.5) is 29.3 Å². The van der Waals surface area contributed by atoms with Gasteiger partial charge in [-0.05, 0) is 48.4 Å². The maximum atomic E-state index is 12.8. The number of methoxy groups -OCH3 is 1. The number of rotatable bonds is 7. The third-order valence-electron chi connectivity index (χ3n) is 5.08. The van der Waals surface area contributed by atoms with Crippen LogP contribution >= 0.6 is 11.6 Å². The van der Waals surface area contributed by atoms with E-state index in [9.17, 15) is 27.6 Å². The smallest absolute Gasteiger partial charge is 0.416 e. The number of hydrogen-bond acceptors (Lipinski definition) is 6. The molecule has 3 N–H and O–H groups in total. The molecule has 1 atom stereocenters. The van der Waals surface area contributed by atoms with E-state index in [-0.39, 0.29) is 28.3 Å². The van der Waals surface area contributed by atoms with Gasteiger partial charge in [-0.1, -0.05) is 25.4 Å². The normalized spacial score (nSPS) is 12.1. The molecule has 1 aromatic heterocycles. The van der Waals surface area contributed by atoms with Gasteiger partial charge in [-0.3, -0.25) is 4.79 Å². The van der Waals surface area contributed by atoms with E-state index in [1.54, 1.807) is 26.0 Å². The largest absolute Gasteiger partial charge is 0.467 e. The second-order valence-corrected chi connectivity index (χ2v) is 8.50. The molecule has 0 saturated carbocycles.